The molecule has 1 amide bonds. The molecule has 142 valence electrons. The largest absolute Gasteiger partial charge is 0.495 e. The average Bonchev–Trinajstić information content (AvgIpc) is 3.30. The standard InChI is InChI=1S/C17H19N5O3S2/c1-10(2)12-8-15(25-22-12)19-14(23)9-26-17-21-20-16(27-17)18-11-6-4-5-7-13(11)24-3/h4-8,10H,9H2,1-3H3,(H,18,20)(H,19,23). The summed E-state index contributed by atoms with van der Waals surface area (Å²) in [7, 11) is 1.61. The van der Waals surface area contributed by atoms with Crippen molar-refractivity contribution in [2.45, 2.75) is 24.1 Å². The number of nitrogens with one attached hydrogen (secondary N) is 2. The van der Waals surface area contributed by atoms with Crippen LogP contribution >= 0.6 is 23.1 Å². The molecule has 2 N–H and O–H groups in total. The van der Waals surface area contributed by atoms with E-state index >= 15 is 0 Å². The number of anilines is 3. The maximum Gasteiger partial charge on any atom is 0.237 e. The Kier molecular flexibility index (Phi) is 6.30. The minimum atomic E-state index is -0.194. The average molecular weight is 406 g/mol. The molecular formula is C17H19N5O3S2. The number of carbonyl (C=O) groups is 1. The van der Waals surface area contributed by atoms with Crippen LogP contribution in [0.25, 0.3) is 0 Å². The molecule has 0 aliphatic rings. The lowest BCUT2D eigenvalue weighted by Crippen LogP contribution is -2.13. The molecule has 1 aromatic carbocycles. The van der Waals surface area contributed by atoms with Crippen LogP contribution in [0.2, 0.25) is 0 Å². The van der Waals surface area contributed by atoms with Crippen molar-refractivity contribution >= 4 is 45.7 Å². The molecule has 3 rings (SSSR count). The van der Waals surface area contributed by atoms with E-state index in [1.807, 2.05) is 38.1 Å². The number of hydrogen-bond donors (Lipinski definition) is 2. The van der Waals surface area contributed by atoms with Gasteiger partial charge in [0.15, 0.2) is 4.34 Å². The Morgan fingerprint density at radius 3 is 2.89 bits per heavy atom. The van der Waals surface area contributed by atoms with Crippen LogP contribution < -0.4 is 15.4 Å². The lowest BCUT2D eigenvalue weighted by molar-refractivity contribution is -0.113. The summed E-state index contributed by atoms with van der Waals surface area (Å²) in [6.45, 7) is 4.01. The summed E-state index contributed by atoms with van der Waals surface area (Å²) >= 11 is 2.66. The molecule has 10 heteroatoms. The van der Waals surface area contributed by atoms with E-state index in [9.17, 15) is 4.79 Å². The molecule has 0 aliphatic carbocycles. The Balaban J connectivity index is 1.52. The van der Waals surface area contributed by atoms with Crippen LogP contribution in [0, 0.1) is 0 Å². The molecule has 0 aliphatic heterocycles. The third-order valence-corrected chi connectivity index (χ3v) is 5.44. The Hall–Kier alpha value is -2.59. The molecule has 8 nitrogen and oxygen atoms in total. The molecule has 0 saturated heterocycles. The highest BCUT2D eigenvalue weighted by Gasteiger charge is 2.13. The lowest BCUT2D eigenvalue weighted by atomic mass is 10.1. The van der Waals surface area contributed by atoms with Gasteiger partial charge >= 0.3 is 0 Å². The predicted molar refractivity (Wildman–Crippen MR) is 106 cm³/mol. The number of thioether (sulfide) groups is 1. The first-order valence-corrected chi connectivity index (χ1v) is 9.98. The van der Waals surface area contributed by atoms with Gasteiger partial charge in [-0.05, 0) is 18.1 Å². The zero-order valence-corrected chi connectivity index (χ0v) is 16.7. The van der Waals surface area contributed by atoms with E-state index in [2.05, 4.69) is 26.0 Å². The van der Waals surface area contributed by atoms with Gasteiger partial charge in [-0.2, -0.15) is 0 Å². The number of rotatable bonds is 8. The third kappa shape index (κ3) is 5.20. The summed E-state index contributed by atoms with van der Waals surface area (Å²) < 4.78 is 11.1. The molecule has 0 atom stereocenters. The van der Waals surface area contributed by atoms with Gasteiger partial charge in [0.2, 0.25) is 16.9 Å². The molecular weight excluding hydrogens is 386 g/mol. The number of methoxy groups -OCH3 is 1. The number of hydrogen-bond acceptors (Lipinski definition) is 9. The second-order valence-corrected chi connectivity index (χ2v) is 8.01. The number of carbonyl (C=O) groups excluding carboxylic acids is 1. The number of para-hydroxylation sites is 2. The van der Waals surface area contributed by atoms with E-state index in [4.69, 9.17) is 9.26 Å². The Bertz CT molecular complexity index is 909. The quantitative estimate of drug-likeness (QED) is 0.539. The minimum Gasteiger partial charge on any atom is -0.495 e. The van der Waals surface area contributed by atoms with Crippen molar-refractivity contribution in [1.82, 2.24) is 15.4 Å². The highest BCUT2D eigenvalue weighted by atomic mass is 32.2. The summed E-state index contributed by atoms with van der Waals surface area (Å²) in [4.78, 5) is 12.1. The van der Waals surface area contributed by atoms with Crippen LogP contribution in [-0.2, 0) is 4.79 Å². The molecule has 2 aromatic heterocycles. The van der Waals surface area contributed by atoms with Gasteiger partial charge in [0.05, 0.1) is 24.2 Å². The molecule has 2 heterocycles. The number of nitrogens with zero attached hydrogens (tertiary/aromatic N) is 3. The fraction of sp³-hybridized carbons (Fsp3) is 0.294. The van der Waals surface area contributed by atoms with Gasteiger partial charge in [-0.25, -0.2) is 0 Å². The fourth-order valence-corrected chi connectivity index (χ4v) is 3.67. The van der Waals surface area contributed by atoms with Gasteiger partial charge in [0.1, 0.15) is 5.75 Å². The maximum absolute atomic E-state index is 12.1. The second-order valence-electron chi connectivity index (χ2n) is 5.81. The van der Waals surface area contributed by atoms with E-state index in [1.54, 1.807) is 13.2 Å². The Morgan fingerprint density at radius 1 is 1.33 bits per heavy atom. The number of aromatic nitrogens is 3. The molecule has 27 heavy (non-hydrogen) atoms. The highest BCUT2D eigenvalue weighted by molar-refractivity contribution is 8.01. The minimum absolute atomic E-state index is 0.194. The predicted octanol–water partition coefficient (Wildman–Crippen LogP) is 4.13. The van der Waals surface area contributed by atoms with E-state index in [0.29, 0.717) is 21.1 Å². The summed E-state index contributed by atoms with van der Waals surface area (Å²) in [5.41, 5.74) is 1.60. The molecule has 3 aromatic rings. The van der Waals surface area contributed by atoms with Gasteiger partial charge in [-0.3, -0.25) is 10.1 Å². The first-order chi connectivity index (χ1) is 13.0. The van der Waals surface area contributed by atoms with E-state index in [0.717, 1.165) is 11.4 Å². The van der Waals surface area contributed by atoms with Crippen molar-refractivity contribution in [3.63, 3.8) is 0 Å². The van der Waals surface area contributed by atoms with Crippen molar-refractivity contribution in [3.05, 3.63) is 36.0 Å². The first kappa shape index (κ1) is 19.2. The Labute approximate surface area is 164 Å². The molecule has 0 saturated carbocycles. The van der Waals surface area contributed by atoms with Gasteiger partial charge < -0.3 is 14.6 Å². The molecule has 0 unspecified atom stereocenters. The number of benzene rings is 1. The lowest BCUT2D eigenvalue weighted by Gasteiger charge is -2.07. The van der Waals surface area contributed by atoms with Crippen LogP contribution in [0.3, 0.4) is 0 Å². The highest BCUT2D eigenvalue weighted by Crippen LogP contribution is 2.31. The summed E-state index contributed by atoms with van der Waals surface area (Å²) in [5.74, 6) is 1.31. The molecule has 0 fully saturated rings. The molecule has 0 radical (unpaired) electrons. The van der Waals surface area contributed by atoms with Crippen LogP contribution in [0.5, 0.6) is 5.75 Å². The van der Waals surface area contributed by atoms with Gasteiger partial charge in [0, 0.05) is 6.07 Å². The summed E-state index contributed by atoms with van der Waals surface area (Å²) in [6, 6.07) is 9.27. The van der Waals surface area contributed by atoms with Gasteiger partial charge in [0.25, 0.3) is 0 Å². The monoisotopic (exact) mass is 405 g/mol. The van der Waals surface area contributed by atoms with Crippen molar-refractivity contribution in [3.8, 4) is 5.75 Å². The van der Waals surface area contributed by atoms with E-state index < -0.39 is 0 Å². The first-order valence-electron chi connectivity index (χ1n) is 8.18. The summed E-state index contributed by atoms with van der Waals surface area (Å²) in [6.07, 6.45) is 0. The second kappa shape index (κ2) is 8.87. The fourth-order valence-electron chi connectivity index (χ4n) is 2.10. The molecule has 0 spiro atoms. The van der Waals surface area contributed by atoms with E-state index in [-0.39, 0.29) is 17.6 Å². The molecule has 0 bridgehead atoms. The van der Waals surface area contributed by atoms with Crippen molar-refractivity contribution < 1.29 is 14.1 Å². The van der Waals surface area contributed by atoms with Crippen LogP contribution in [0.1, 0.15) is 25.5 Å². The topological polar surface area (TPSA) is 102 Å². The van der Waals surface area contributed by atoms with Crippen LogP contribution in [-0.4, -0.2) is 34.1 Å². The van der Waals surface area contributed by atoms with Crippen molar-refractivity contribution in [1.29, 1.82) is 0 Å². The third-order valence-electron chi connectivity index (χ3n) is 3.46. The van der Waals surface area contributed by atoms with Gasteiger partial charge in [-0.1, -0.05) is 54.2 Å². The smallest absolute Gasteiger partial charge is 0.237 e. The zero-order valence-electron chi connectivity index (χ0n) is 15.1. The van der Waals surface area contributed by atoms with Crippen molar-refractivity contribution in [2.75, 3.05) is 23.5 Å². The van der Waals surface area contributed by atoms with Gasteiger partial charge in [-0.15, -0.1) is 10.2 Å². The number of amides is 1. The SMILES string of the molecule is COc1ccccc1Nc1nnc(SCC(=O)Nc2cc(C(C)C)no2)s1. The van der Waals surface area contributed by atoms with Crippen LogP contribution in [0.15, 0.2) is 39.2 Å². The number of ether oxygens (including phenoxy) is 1. The maximum atomic E-state index is 12.1. The zero-order chi connectivity index (χ0) is 19.2. The van der Waals surface area contributed by atoms with Crippen molar-refractivity contribution in [2.24, 2.45) is 0 Å². The van der Waals surface area contributed by atoms with Crippen LogP contribution in [0.4, 0.5) is 16.7 Å². The normalized spacial score (nSPS) is 10.8. The Morgan fingerprint density at radius 2 is 2.15 bits per heavy atom. The summed E-state index contributed by atoms with van der Waals surface area (Å²) in [5, 5.41) is 18.6. The van der Waals surface area contributed by atoms with E-state index in [1.165, 1.54) is 23.1 Å².